The maximum atomic E-state index is 12.9. The minimum Gasteiger partial charge on any atom is -0.355 e. The Bertz CT molecular complexity index is 728. The number of nitrogens with zero attached hydrogens (tertiary/aromatic N) is 1. The number of aryl methyl sites for hydroxylation is 1. The number of carbonyl (C=O) groups is 1. The number of sulfonamides is 1. The van der Waals surface area contributed by atoms with Crippen LogP contribution in [0.4, 0.5) is 0 Å². The minimum atomic E-state index is -3.53. The van der Waals surface area contributed by atoms with Gasteiger partial charge in [-0.05, 0) is 44.7 Å². The summed E-state index contributed by atoms with van der Waals surface area (Å²) in [6, 6.07) is 6.91. The first-order chi connectivity index (χ1) is 13.0. The molecule has 7 heteroatoms. The number of thioether (sulfide) groups is 1. The molecule has 1 amide bonds. The van der Waals surface area contributed by atoms with E-state index in [0.29, 0.717) is 18.0 Å². The maximum Gasteiger partial charge on any atom is 0.243 e. The van der Waals surface area contributed by atoms with Crippen LogP contribution in [-0.4, -0.2) is 49.3 Å². The molecule has 0 spiro atoms. The van der Waals surface area contributed by atoms with Gasteiger partial charge in [0.05, 0.1) is 10.8 Å². The molecule has 1 atom stereocenters. The van der Waals surface area contributed by atoms with Crippen LogP contribution >= 0.6 is 11.8 Å². The molecule has 1 N–H and O–H groups in total. The van der Waals surface area contributed by atoms with Crippen molar-refractivity contribution in [2.24, 2.45) is 5.92 Å². The highest BCUT2D eigenvalue weighted by Crippen LogP contribution is 2.29. The molecule has 0 bridgehead atoms. The molecule has 150 valence electrons. The van der Waals surface area contributed by atoms with Gasteiger partial charge in [-0.3, -0.25) is 4.79 Å². The lowest BCUT2D eigenvalue weighted by molar-refractivity contribution is -0.125. The van der Waals surface area contributed by atoms with Gasteiger partial charge in [0.1, 0.15) is 0 Å². The lowest BCUT2D eigenvalue weighted by Crippen LogP contribution is -2.45. The van der Waals surface area contributed by atoms with Gasteiger partial charge in [-0.1, -0.05) is 30.5 Å². The molecule has 2 aliphatic rings. The van der Waals surface area contributed by atoms with E-state index in [0.717, 1.165) is 29.4 Å². The van der Waals surface area contributed by atoms with Gasteiger partial charge in [-0.2, -0.15) is 16.1 Å². The Morgan fingerprint density at radius 3 is 2.56 bits per heavy atom. The average Bonchev–Trinajstić information content (AvgIpc) is 3.19. The van der Waals surface area contributed by atoms with Crippen molar-refractivity contribution < 1.29 is 13.2 Å². The fourth-order valence-electron chi connectivity index (χ4n) is 3.83. The Morgan fingerprint density at radius 2 is 1.85 bits per heavy atom. The normalized spacial score (nSPS) is 22.0. The number of hydrogen-bond acceptors (Lipinski definition) is 4. The van der Waals surface area contributed by atoms with Crippen LogP contribution in [0.5, 0.6) is 0 Å². The molecule has 27 heavy (non-hydrogen) atoms. The van der Waals surface area contributed by atoms with Crippen LogP contribution < -0.4 is 5.32 Å². The first kappa shape index (κ1) is 20.7. The van der Waals surface area contributed by atoms with Crippen molar-refractivity contribution in [3.8, 4) is 0 Å². The molecule has 1 aromatic rings. The van der Waals surface area contributed by atoms with Crippen molar-refractivity contribution in [1.29, 1.82) is 0 Å². The van der Waals surface area contributed by atoms with Gasteiger partial charge < -0.3 is 5.32 Å². The zero-order valence-corrected chi connectivity index (χ0v) is 17.7. The van der Waals surface area contributed by atoms with E-state index in [-0.39, 0.29) is 18.4 Å². The Hall–Kier alpha value is -1.05. The summed E-state index contributed by atoms with van der Waals surface area (Å²) in [5, 5.41) is 3.77. The molecule has 1 heterocycles. The third-order valence-electron chi connectivity index (χ3n) is 5.47. The second-order valence-corrected chi connectivity index (χ2v) is 10.9. The van der Waals surface area contributed by atoms with E-state index in [2.05, 4.69) is 5.32 Å². The summed E-state index contributed by atoms with van der Waals surface area (Å²) in [6.07, 6.45) is 6.73. The lowest BCUT2D eigenvalue weighted by Gasteiger charge is -2.31. The van der Waals surface area contributed by atoms with Crippen molar-refractivity contribution in [3.05, 3.63) is 29.8 Å². The molecule has 1 saturated carbocycles. The van der Waals surface area contributed by atoms with E-state index in [1.165, 1.54) is 30.0 Å². The van der Waals surface area contributed by atoms with Crippen LogP contribution in [0.1, 0.15) is 44.1 Å². The van der Waals surface area contributed by atoms with Gasteiger partial charge in [0.25, 0.3) is 0 Å². The Labute approximate surface area is 167 Å². The topological polar surface area (TPSA) is 66.5 Å². The van der Waals surface area contributed by atoms with Crippen molar-refractivity contribution in [3.63, 3.8) is 0 Å². The van der Waals surface area contributed by atoms with Gasteiger partial charge in [0, 0.05) is 30.6 Å². The highest BCUT2D eigenvalue weighted by atomic mass is 32.2. The molecule has 1 saturated heterocycles. The van der Waals surface area contributed by atoms with Gasteiger partial charge in [-0.15, -0.1) is 0 Å². The molecule has 1 aromatic carbocycles. The third kappa shape index (κ3) is 5.48. The van der Waals surface area contributed by atoms with Crippen molar-refractivity contribution in [2.45, 2.75) is 55.6 Å². The summed E-state index contributed by atoms with van der Waals surface area (Å²) >= 11 is 1.95. The number of carbonyl (C=O) groups excluding carboxylic acids is 1. The number of nitrogens with one attached hydrogen (secondary N) is 1. The smallest absolute Gasteiger partial charge is 0.243 e. The quantitative estimate of drug-likeness (QED) is 0.701. The molecule has 1 aliphatic carbocycles. The van der Waals surface area contributed by atoms with E-state index >= 15 is 0 Å². The average molecular weight is 411 g/mol. The minimum absolute atomic E-state index is 0.00849. The number of hydrogen-bond donors (Lipinski definition) is 1. The van der Waals surface area contributed by atoms with Crippen molar-refractivity contribution in [2.75, 3.05) is 25.4 Å². The molecule has 0 aromatic heterocycles. The number of amides is 1. The highest BCUT2D eigenvalue weighted by Gasteiger charge is 2.33. The fourth-order valence-corrected chi connectivity index (χ4v) is 6.58. The largest absolute Gasteiger partial charge is 0.355 e. The fraction of sp³-hybridized carbons (Fsp3) is 0.650. The first-order valence-corrected chi connectivity index (χ1v) is 12.4. The van der Waals surface area contributed by atoms with Crippen LogP contribution in [0.2, 0.25) is 0 Å². The lowest BCUT2D eigenvalue weighted by atomic mass is 9.99. The van der Waals surface area contributed by atoms with Crippen LogP contribution in [0.15, 0.2) is 29.2 Å². The second-order valence-electron chi connectivity index (χ2n) is 7.58. The Balaban J connectivity index is 1.50. The predicted octanol–water partition coefficient (Wildman–Crippen LogP) is 3.19. The first-order valence-electron chi connectivity index (χ1n) is 9.93. The van der Waals surface area contributed by atoms with E-state index in [1.54, 1.807) is 12.1 Å². The van der Waals surface area contributed by atoms with Gasteiger partial charge in [0.15, 0.2) is 0 Å². The van der Waals surface area contributed by atoms with Crippen molar-refractivity contribution >= 4 is 27.7 Å². The predicted molar refractivity (Wildman–Crippen MR) is 110 cm³/mol. The van der Waals surface area contributed by atoms with Crippen LogP contribution in [0, 0.1) is 12.8 Å². The number of piperidine rings is 1. The van der Waals surface area contributed by atoms with E-state index in [9.17, 15) is 13.2 Å². The molecule has 0 radical (unpaired) electrons. The molecule has 1 aliphatic heterocycles. The van der Waals surface area contributed by atoms with Gasteiger partial charge in [0.2, 0.25) is 15.9 Å². The van der Waals surface area contributed by atoms with E-state index < -0.39 is 10.0 Å². The summed E-state index contributed by atoms with van der Waals surface area (Å²) in [5.41, 5.74) is 1.03. The highest BCUT2D eigenvalue weighted by molar-refractivity contribution is 7.99. The summed E-state index contributed by atoms with van der Waals surface area (Å²) in [6.45, 7) is 3.36. The standard InChI is InChI=1S/C20H30N2O3S2/c1-16-8-10-19(11-9-16)27(24,25)22-13-4-5-17(15-22)20(23)21-12-14-26-18-6-2-3-7-18/h8-11,17-18H,2-7,12-15H2,1H3,(H,21,23)/t17-/m0/s1. The second kappa shape index (κ2) is 9.43. The number of benzene rings is 1. The zero-order valence-electron chi connectivity index (χ0n) is 16.0. The van der Waals surface area contributed by atoms with Crippen LogP contribution in [-0.2, 0) is 14.8 Å². The summed E-state index contributed by atoms with van der Waals surface area (Å²) < 4.78 is 27.2. The zero-order chi connectivity index (χ0) is 19.3. The van der Waals surface area contributed by atoms with E-state index in [1.807, 2.05) is 30.8 Å². The molecule has 2 fully saturated rings. The molecule has 5 nitrogen and oxygen atoms in total. The molecular formula is C20H30N2O3S2. The maximum absolute atomic E-state index is 12.9. The summed E-state index contributed by atoms with van der Waals surface area (Å²) in [7, 11) is -3.53. The number of rotatable bonds is 7. The van der Waals surface area contributed by atoms with Gasteiger partial charge in [-0.25, -0.2) is 8.42 Å². The molecule has 3 rings (SSSR count). The molecular weight excluding hydrogens is 380 g/mol. The van der Waals surface area contributed by atoms with Crippen LogP contribution in [0.25, 0.3) is 0 Å². The Morgan fingerprint density at radius 1 is 1.15 bits per heavy atom. The third-order valence-corrected chi connectivity index (χ3v) is 8.73. The summed E-state index contributed by atoms with van der Waals surface area (Å²) in [5.74, 6) is 0.676. The summed E-state index contributed by atoms with van der Waals surface area (Å²) in [4.78, 5) is 12.8. The Kier molecular flexibility index (Phi) is 7.22. The van der Waals surface area contributed by atoms with Crippen LogP contribution in [0.3, 0.4) is 0 Å². The van der Waals surface area contributed by atoms with E-state index in [4.69, 9.17) is 0 Å². The van der Waals surface area contributed by atoms with Crippen molar-refractivity contribution in [1.82, 2.24) is 9.62 Å². The SMILES string of the molecule is Cc1ccc(S(=O)(=O)N2CCC[C@H](C(=O)NCCSC3CCCC3)C2)cc1. The van der Waals surface area contributed by atoms with Gasteiger partial charge >= 0.3 is 0 Å². The monoisotopic (exact) mass is 410 g/mol. The molecule has 0 unspecified atom stereocenters.